The van der Waals surface area contributed by atoms with E-state index in [1.165, 1.54) is 17.6 Å². The molecule has 0 spiro atoms. The normalized spacial score (nSPS) is 12.6. The monoisotopic (exact) mass is 505 g/mol. The van der Waals surface area contributed by atoms with Crippen molar-refractivity contribution in [2.45, 2.75) is 39.2 Å². The zero-order chi connectivity index (χ0) is 25.3. The molecule has 9 heteroatoms. The minimum Gasteiger partial charge on any atom is -0.489 e. The first-order valence-electron chi connectivity index (χ1n) is 11.8. The van der Waals surface area contributed by atoms with E-state index in [2.05, 4.69) is 15.8 Å². The van der Waals surface area contributed by atoms with E-state index in [0.717, 1.165) is 47.3 Å². The molecule has 0 unspecified atom stereocenters. The average molecular weight is 506 g/mol. The molecule has 1 aliphatic carbocycles. The van der Waals surface area contributed by atoms with E-state index in [-0.39, 0.29) is 6.61 Å². The van der Waals surface area contributed by atoms with E-state index in [4.69, 9.17) is 9.47 Å². The van der Waals surface area contributed by atoms with Gasteiger partial charge in [-0.05, 0) is 73.6 Å². The van der Waals surface area contributed by atoms with Crippen molar-refractivity contribution in [1.82, 2.24) is 5.43 Å². The van der Waals surface area contributed by atoms with Crippen LogP contribution in [0.15, 0.2) is 59.7 Å². The lowest BCUT2D eigenvalue weighted by Gasteiger charge is -2.12. The summed E-state index contributed by atoms with van der Waals surface area (Å²) < 4.78 is 10.9. The van der Waals surface area contributed by atoms with Crippen LogP contribution in [-0.2, 0) is 33.8 Å². The van der Waals surface area contributed by atoms with Gasteiger partial charge in [0.25, 0.3) is 0 Å². The van der Waals surface area contributed by atoms with Gasteiger partial charge in [0.05, 0.1) is 18.4 Å². The average Bonchev–Trinajstić information content (AvgIpc) is 3.26. The number of hydrazone groups is 1. The van der Waals surface area contributed by atoms with Crippen LogP contribution in [0.2, 0.25) is 0 Å². The van der Waals surface area contributed by atoms with Gasteiger partial charge in [-0.1, -0.05) is 30.3 Å². The Morgan fingerprint density at radius 1 is 1.00 bits per heavy atom. The van der Waals surface area contributed by atoms with Crippen molar-refractivity contribution in [3.63, 3.8) is 0 Å². The molecule has 1 heterocycles. The van der Waals surface area contributed by atoms with E-state index >= 15 is 0 Å². The predicted molar refractivity (Wildman–Crippen MR) is 138 cm³/mol. The Kier molecular flexibility index (Phi) is 8.46. The molecule has 2 amide bonds. The molecule has 0 saturated carbocycles. The number of anilines is 1. The SMILES string of the molecule is CCOC(=O)c1c(NC(=O)C(=O)N/N=C\c2ccc(OCc3ccccc3)cc2)sc2c1CCCC2. The second-order valence-electron chi connectivity index (χ2n) is 8.13. The van der Waals surface area contributed by atoms with E-state index < -0.39 is 17.8 Å². The fraction of sp³-hybridized carbons (Fsp3) is 0.259. The molecule has 2 aromatic carbocycles. The topological polar surface area (TPSA) is 106 Å². The van der Waals surface area contributed by atoms with Gasteiger partial charge in [-0.2, -0.15) is 5.10 Å². The maximum absolute atomic E-state index is 12.5. The predicted octanol–water partition coefficient (Wildman–Crippen LogP) is 4.47. The summed E-state index contributed by atoms with van der Waals surface area (Å²) in [6, 6.07) is 17.0. The fourth-order valence-corrected chi connectivity index (χ4v) is 5.11. The number of nitrogens with zero attached hydrogens (tertiary/aromatic N) is 1. The van der Waals surface area contributed by atoms with Crippen LogP contribution in [-0.4, -0.2) is 30.6 Å². The Bertz CT molecular complexity index is 1250. The number of aryl methyl sites for hydroxylation is 1. The van der Waals surface area contributed by atoms with Crippen LogP contribution in [0.25, 0.3) is 0 Å². The first kappa shape index (κ1) is 25.1. The van der Waals surface area contributed by atoms with Crippen molar-refractivity contribution in [2.75, 3.05) is 11.9 Å². The molecule has 1 aliphatic rings. The highest BCUT2D eigenvalue weighted by atomic mass is 32.1. The van der Waals surface area contributed by atoms with Crippen LogP contribution in [0.1, 0.15) is 51.7 Å². The minimum atomic E-state index is -0.935. The van der Waals surface area contributed by atoms with Gasteiger partial charge in [0, 0.05) is 4.88 Å². The molecule has 0 fully saturated rings. The number of nitrogens with one attached hydrogen (secondary N) is 2. The van der Waals surface area contributed by atoms with Crippen molar-refractivity contribution in [1.29, 1.82) is 0 Å². The van der Waals surface area contributed by atoms with Gasteiger partial charge in [-0.3, -0.25) is 9.59 Å². The number of carbonyl (C=O) groups excluding carboxylic acids is 3. The molecule has 0 aliphatic heterocycles. The van der Waals surface area contributed by atoms with Crippen LogP contribution in [0.3, 0.4) is 0 Å². The zero-order valence-corrected chi connectivity index (χ0v) is 20.7. The molecule has 2 N–H and O–H groups in total. The second kappa shape index (κ2) is 12.1. The zero-order valence-electron chi connectivity index (χ0n) is 19.9. The lowest BCUT2D eigenvalue weighted by atomic mass is 9.95. The minimum absolute atomic E-state index is 0.228. The van der Waals surface area contributed by atoms with Crippen LogP contribution >= 0.6 is 11.3 Å². The largest absolute Gasteiger partial charge is 0.489 e. The number of hydrogen-bond donors (Lipinski definition) is 2. The van der Waals surface area contributed by atoms with Crippen molar-refractivity contribution in [3.05, 3.63) is 81.7 Å². The fourth-order valence-electron chi connectivity index (χ4n) is 3.84. The number of ether oxygens (including phenoxy) is 2. The summed E-state index contributed by atoms with van der Waals surface area (Å²) in [5, 5.41) is 6.78. The van der Waals surface area contributed by atoms with Crippen LogP contribution in [0, 0.1) is 0 Å². The molecule has 36 heavy (non-hydrogen) atoms. The molecular weight excluding hydrogens is 478 g/mol. The molecule has 0 radical (unpaired) electrons. The summed E-state index contributed by atoms with van der Waals surface area (Å²) in [6.07, 6.45) is 5.02. The first-order valence-corrected chi connectivity index (χ1v) is 12.6. The molecule has 4 rings (SSSR count). The van der Waals surface area contributed by atoms with E-state index in [0.29, 0.717) is 22.9 Å². The third-order valence-corrected chi connectivity index (χ3v) is 6.80. The van der Waals surface area contributed by atoms with E-state index in [1.807, 2.05) is 30.3 Å². The molecule has 0 bridgehead atoms. The van der Waals surface area contributed by atoms with Crippen molar-refractivity contribution < 1.29 is 23.9 Å². The van der Waals surface area contributed by atoms with Crippen LogP contribution < -0.4 is 15.5 Å². The summed E-state index contributed by atoms with van der Waals surface area (Å²) in [5.41, 5.74) is 5.28. The highest BCUT2D eigenvalue weighted by Gasteiger charge is 2.28. The second-order valence-corrected chi connectivity index (χ2v) is 9.24. The third kappa shape index (κ3) is 6.37. The van der Waals surface area contributed by atoms with Gasteiger partial charge in [0.1, 0.15) is 17.4 Å². The number of thiophene rings is 1. The van der Waals surface area contributed by atoms with Gasteiger partial charge in [0.2, 0.25) is 0 Å². The summed E-state index contributed by atoms with van der Waals surface area (Å²) in [7, 11) is 0. The molecule has 0 atom stereocenters. The molecule has 8 nitrogen and oxygen atoms in total. The number of carbonyl (C=O) groups is 3. The van der Waals surface area contributed by atoms with Gasteiger partial charge >= 0.3 is 17.8 Å². The third-order valence-electron chi connectivity index (χ3n) is 5.59. The highest BCUT2D eigenvalue weighted by molar-refractivity contribution is 7.17. The lowest BCUT2D eigenvalue weighted by molar-refractivity contribution is -0.136. The Morgan fingerprint density at radius 3 is 2.50 bits per heavy atom. The standard InChI is InChI=1S/C27H27N3O5S/c1-2-34-27(33)23-21-10-6-7-11-22(21)36-26(23)29-24(31)25(32)30-28-16-18-12-14-20(15-13-18)35-17-19-8-4-3-5-9-19/h3-5,8-9,12-16H,2,6-7,10-11,17H2,1H3,(H,29,31)(H,30,32)/b28-16-. The lowest BCUT2D eigenvalue weighted by Crippen LogP contribution is -2.32. The van der Waals surface area contributed by atoms with Crippen molar-refractivity contribution in [3.8, 4) is 5.75 Å². The smallest absolute Gasteiger partial charge is 0.341 e. The van der Waals surface area contributed by atoms with Gasteiger partial charge in [-0.15, -0.1) is 11.3 Å². The van der Waals surface area contributed by atoms with Gasteiger partial charge in [0.15, 0.2) is 0 Å². The molecular formula is C27H27N3O5S. The quantitative estimate of drug-likeness (QED) is 0.203. The summed E-state index contributed by atoms with van der Waals surface area (Å²) >= 11 is 1.32. The Morgan fingerprint density at radius 2 is 1.75 bits per heavy atom. The Hall–Kier alpha value is -3.98. The summed E-state index contributed by atoms with van der Waals surface area (Å²) in [4.78, 5) is 38.3. The Labute approximate surface area is 213 Å². The van der Waals surface area contributed by atoms with Crippen LogP contribution in [0.5, 0.6) is 5.75 Å². The number of benzene rings is 2. The van der Waals surface area contributed by atoms with Crippen LogP contribution in [0.4, 0.5) is 5.00 Å². The number of esters is 1. The first-order chi connectivity index (χ1) is 17.5. The molecule has 0 saturated heterocycles. The number of fused-ring (bicyclic) bond motifs is 1. The number of hydrogen-bond acceptors (Lipinski definition) is 7. The number of amides is 2. The summed E-state index contributed by atoms with van der Waals surface area (Å²) in [6.45, 7) is 2.42. The van der Waals surface area contributed by atoms with Gasteiger partial charge < -0.3 is 14.8 Å². The van der Waals surface area contributed by atoms with E-state index in [9.17, 15) is 14.4 Å². The van der Waals surface area contributed by atoms with Crippen molar-refractivity contribution in [2.24, 2.45) is 5.10 Å². The van der Waals surface area contributed by atoms with Crippen molar-refractivity contribution >= 4 is 40.3 Å². The Balaban J connectivity index is 1.32. The number of rotatable bonds is 8. The molecule has 1 aromatic heterocycles. The summed E-state index contributed by atoms with van der Waals surface area (Å²) in [5.74, 6) is -1.62. The van der Waals surface area contributed by atoms with Gasteiger partial charge in [-0.25, -0.2) is 10.2 Å². The molecule has 186 valence electrons. The highest BCUT2D eigenvalue weighted by Crippen LogP contribution is 2.38. The van der Waals surface area contributed by atoms with E-state index in [1.54, 1.807) is 31.2 Å². The maximum Gasteiger partial charge on any atom is 0.341 e. The molecule has 3 aromatic rings. The maximum atomic E-state index is 12.5.